The van der Waals surface area contributed by atoms with Crippen molar-refractivity contribution in [3.8, 4) is 5.75 Å². The van der Waals surface area contributed by atoms with Crippen molar-refractivity contribution in [1.29, 1.82) is 0 Å². The first kappa shape index (κ1) is 16.9. The van der Waals surface area contributed by atoms with Crippen LogP contribution in [0.25, 0.3) is 0 Å². The Bertz CT molecular complexity index is 479. The van der Waals surface area contributed by atoms with E-state index >= 15 is 0 Å². The molecule has 0 bridgehead atoms. The Morgan fingerprint density at radius 2 is 1.90 bits per heavy atom. The second kappa shape index (κ2) is 7.58. The molecule has 0 amide bonds. The van der Waals surface area contributed by atoms with Crippen LogP contribution in [0.15, 0.2) is 24.3 Å². The molecule has 0 saturated heterocycles. The number of nitrogens with one attached hydrogen (secondary N) is 1. The third kappa shape index (κ3) is 7.26. The first-order valence-electron chi connectivity index (χ1n) is 6.58. The van der Waals surface area contributed by atoms with E-state index in [1.165, 1.54) is 24.3 Å². The molecule has 0 heterocycles. The molecule has 1 rings (SSSR count). The lowest BCUT2D eigenvalue weighted by Gasteiger charge is -2.19. The molecule has 0 fully saturated rings. The maximum atomic E-state index is 11.4. The van der Waals surface area contributed by atoms with Crippen molar-refractivity contribution in [3.05, 3.63) is 34.4 Å². The van der Waals surface area contributed by atoms with Crippen molar-refractivity contribution in [3.63, 3.8) is 0 Å². The predicted molar refractivity (Wildman–Crippen MR) is 77.3 cm³/mol. The summed E-state index contributed by atoms with van der Waals surface area (Å²) in [5.74, 6) is 0.220. The van der Waals surface area contributed by atoms with Crippen LogP contribution in [-0.2, 0) is 9.53 Å². The summed E-state index contributed by atoms with van der Waals surface area (Å²) in [6.45, 7) is 6.35. The standard InChI is InChI=1S/C14H20N2O5/c1-14(2,3)21-13(17)10-15-8-9-20-12-6-4-11(5-7-12)16(18)19/h4-7,15H,8-10H2,1-3H3. The van der Waals surface area contributed by atoms with Crippen LogP contribution >= 0.6 is 0 Å². The van der Waals surface area contributed by atoms with Crippen molar-refractivity contribution in [1.82, 2.24) is 5.32 Å². The Morgan fingerprint density at radius 3 is 2.43 bits per heavy atom. The zero-order chi connectivity index (χ0) is 15.9. The molecule has 0 aromatic heterocycles. The Hall–Kier alpha value is -2.15. The minimum absolute atomic E-state index is 0.0189. The van der Waals surface area contributed by atoms with E-state index in [0.717, 1.165) is 0 Å². The van der Waals surface area contributed by atoms with Crippen LogP contribution in [0.2, 0.25) is 0 Å². The number of ether oxygens (including phenoxy) is 2. The van der Waals surface area contributed by atoms with Gasteiger partial charge < -0.3 is 14.8 Å². The van der Waals surface area contributed by atoms with Gasteiger partial charge >= 0.3 is 5.97 Å². The average Bonchev–Trinajstić information content (AvgIpc) is 2.36. The number of hydrogen-bond acceptors (Lipinski definition) is 6. The molecule has 0 atom stereocenters. The Morgan fingerprint density at radius 1 is 1.29 bits per heavy atom. The molecule has 0 radical (unpaired) electrons. The van der Waals surface area contributed by atoms with Gasteiger partial charge in [-0.15, -0.1) is 0 Å². The van der Waals surface area contributed by atoms with Gasteiger partial charge in [-0.3, -0.25) is 14.9 Å². The number of rotatable bonds is 7. The molecule has 0 aliphatic rings. The number of carbonyl (C=O) groups is 1. The lowest BCUT2D eigenvalue weighted by Crippen LogP contribution is -2.33. The van der Waals surface area contributed by atoms with Crippen molar-refractivity contribution < 1.29 is 19.2 Å². The summed E-state index contributed by atoms with van der Waals surface area (Å²) in [5, 5.41) is 13.4. The van der Waals surface area contributed by atoms with Crippen LogP contribution in [-0.4, -0.2) is 36.2 Å². The molecule has 1 N–H and O–H groups in total. The largest absolute Gasteiger partial charge is 0.492 e. The molecule has 7 heteroatoms. The van der Waals surface area contributed by atoms with Gasteiger partial charge in [-0.2, -0.15) is 0 Å². The number of nitrogens with zero attached hydrogens (tertiary/aromatic N) is 1. The zero-order valence-corrected chi connectivity index (χ0v) is 12.4. The zero-order valence-electron chi connectivity index (χ0n) is 12.4. The molecule has 0 saturated carbocycles. The lowest BCUT2D eigenvalue weighted by molar-refractivity contribution is -0.384. The lowest BCUT2D eigenvalue weighted by atomic mass is 10.2. The van der Waals surface area contributed by atoms with E-state index in [1.54, 1.807) is 0 Å². The number of non-ortho nitro benzene ring substituents is 1. The van der Waals surface area contributed by atoms with E-state index in [0.29, 0.717) is 18.9 Å². The molecule has 7 nitrogen and oxygen atoms in total. The fourth-order valence-electron chi connectivity index (χ4n) is 1.47. The van der Waals surface area contributed by atoms with Crippen LogP contribution in [0.3, 0.4) is 0 Å². The van der Waals surface area contributed by atoms with Crippen LogP contribution < -0.4 is 10.1 Å². The molecular formula is C14H20N2O5. The summed E-state index contributed by atoms with van der Waals surface area (Å²) in [7, 11) is 0. The van der Waals surface area contributed by atoms with Gasteiger partial charge in [-0.1, -0.05) is 0 Å². The fourth-order valence-corrected chi connectivity index (χ4v) is 1.47. The monoisotopic (exact) mass is 296 g/mol. The highest BCUT2D eigenvalue weighted by atomic mass is 16.6. The minimum Gasteiger partial charge on any atom is -0.492 e. The molecule has 0 aliphatic carbocycles. The number of carbonyl (C=O) groups excluding carboxylic acids is 1. The topological polar surface area (TPSA) is 90.7 Å². The Balaban J connectivity index is 2.19. The van der Waals surface area contributed by atoms with Gasteiger partial charge in [-0.05, 0) is 32.9 Å². The minimum atomic E-state index is -0.492. The first-order chi connectivity index (χ1) is 9.78. The summed E-state index contributed by atoms with van der Waals surface area (Å²) < 4.78 is 10.5. The number of nitro benzene ring substituents is 1. The van der Waals surface area contributed by atoms with Crippen molar-refractivity contribution >= 4 is 11.7 Å². The van der Waals surface area contributed by atoms with E-state index < -0.39 is 10.5 Å². The second-order valence-corrected chi connectivity index (χ2v) is 5.36. The normalized spacial score (nSPS) is 11.0. The van der Waals surface area contributed by atoms with Crippen LogP contribution in [0.4, 0.5) is 5.69 Å². The van der Waals surface area contributed by atoms with Gasteiger partial charge in [-0.25, -0.2) is 0 Å². The molecule has 21 heavy (non-hydrogen) atoms. The van der Waals surface area contributed by atoms with E-state index in [4.69, 9.17) is 9.47 Å². The van der Waals surface area contributed by atoms with Crippen LogP contribution in [0.1, 0.15) is 20.8 Å². The van der Waals surface area contributed by atoms with Gasteiger partial charge in [0, 0.05) is 18.7 Å². The quantitative estimate of drug-likeness (QED) is 0.358. The van der Waals surface area contributed by atoms with Gasteiger partial charge in [0.1, 0.15) is 18.0 Å². The smallest absolute Gasteiger partial charge is 0.320 e. The number of benzene rings is 1. The van der Waals surface area contributed by atoms with Crippen LogP contribution in [0, 0.1) is 10.1 Å². The Kier molecular flexibility index (Phi) is 6.10. The molecule has 0 aliphatic heterocycles. The fraction of sp³-hybridized carbons (Fsp3) is 0.500. The van der Waals surface area contributed by atoms with Crippen molar-refractivity contribution in [2.24, 2.45) is 0 Å². The average molecular weight is 296 g/mol. The maximum Gasteiger partial charge on any atom is 0.320 e. The highest BCUT2D eigenvalue weighted by molar-refractivity contribution is 5.72. The highest BCUT2D eigenvalue weighted by Gasteiger charge is 2.15. The van der Waals surface area contributed by atoms with Gasteiger partial charge in [0.05, 0.1) is 11.5 Å². The van der Waals surface area contributed by atoms with Gasteiger partial charge in [0.15, 0.2) is 0 Å². The van der Waals surface area contributed by atoms with Gasteiger partial charge in [0.25, 0.3) is 5.69 Å². The van der Waals surface area contributed by atoms with Crippen LogP contribution in [0.5, 0.6) is 5.75 Å². The predicted octanol–water partition coefficient (Wildman–Crippen LogP) is 1.90. The van der Waals surface area contributed by atoms with Crippen molar-refractivity contribution in [2.75, 3.05) is 19.7 Å². The number of hydrogen-bond donors (Lipinski definition) is 1. The molecular weight excluding hydrogens is 276 g/mol. The first-order valence-corrected chi connectivity index (χ1v) is 6.58. The second-order valence-electron chi connectivity index (χ2n) is 5.36. The summed E-state index contributed by atoms with van der Waals surface area (Å²) in [6, 6.07) is 5.82. The van der Waals surface area contributed by atoms with E-state index in [-0.39, 0.29) is 18.2 Å². The molecule has 1 aromatic carbocycles. The van der Waals surface area contributed by atoms with Crippen molar-refractivity contribution in [2.45, 2.75) is 26.4 Å². The Labute approximate surface area is 123 Å². The highest BCUT2D eigenvalue weighted by Crippen LogP contribution is 2.16. The van der Waals surface area contributed by atoms with E-state index in [9.17, 15) is 14.9 Å². The number of esters is 1. The maximum absolute atomic E-state index is 11.4. The summed E-state index contributed by atoms with van der Waals surface area (Å²) >= 11 is 0. The number of nitro groups is 1. The molecule has 0 spiro atoms. The van der Waals surface area contributed by atoms with E-state index in [2.05, 4.69) is 5.32 Å². The third-order valence-electron chi connectivity index (χ3n) is 2.28. The SMILES string of the molecule is CC(C)(C)OC(=O)CNCCOc1ccc([N+](=O)[O-])cc1. The molecule has 1 aromatic rings. The third-order valence-corrected chi connectivity index (χ3v) is 2.28. The summed E-state index contributed by atoms with van der Waals surface area (Å²) in [6.07, 6.45) is 0. The van der Waals surface area contributed by atoms with Gasteiger partial charge in [0.2, 0.25) is 0 Å². The van der Waals surface area contributed by atoms with E-state index in [1.807, 2.05) is 20.8 Å². The molecule has 116 valence electrons. The summed E-state index contributed by atoms with van der Waals surface area (Å²) in [4.78, 5) is 21.4. The summed E-state index contributed by atoms with van der Waals surface area (Å²) in [5.41, 5.74) is -0.473. The molecule has 0 unspecified atom stereocenters.